The van der Waals surface area contributed by atoms with Gasteiger partial charge in [-0.15, -0.1) is 0 Å². The minimum atomic E-state index is -0.166. The zero-order valence-corrected chi connectivity index (χ0v) is 15.5. The van der Waals surface area contributed by atoms with E-state index in [1.54, 1.807) is 30.1 Å². The fraction of sp³-hybridized carbons (Fsp3) is 0.250. The molecular formula is C20H19N3O2S. The molecule has 2 aromatic carbocycles. The Labute approximate surface area is 155 Å². The number of hydrogen-bond donors (Lipinski definition) is 1. The van der Waals surface area contributed by atoms with E-state index in [9.17, 15) is 9.59 Å². The zero-order valence-electron chi connectivity index (χ0n) is 14.7. The van der Waals surface area contributed by atoms with Gasteiger partial charge in [0.25, 0.3) is 11.5 Å². The lowest BCUT2D eigenvalue weighted by Gasteiger charge is -2.25. The van der Waals surface area contributed by atoms with Crippen LogP contribution in [0.4, 0.5) is 0 Å². The number of benzene rings is 2. The first kappa shape index (κ1) is 16.7. The largest absolute Gasteiger partial charge is 0.335 e. The number of aromatic nitrogens is 2. The monoisotopic (exact) mass is 365 g/mol. The van der Waals surface area contributed by atoms with Crippen molar-refractivity contribution >= 4 is 29.0 Å². The Kier molecular flexibility index (Phi) is 4.00. The molecule has 1 aliphatic carbocycles. The summed E-state index contributed by atoms with van der Waals surface area (Å²) >= 11 is 5.17. The van der Waals surface area contributed by atoms with Gasteiger partial charge in [-0.1, -0.05) is 24.3 Å². The summed E-state index contributed by atoms with van der Waals surface area (Å²) in [6.07, 6.45) is 1.91. The molecule has 26 heavy (non-hydrogen) atoms. The number of aryl methyl sites for hydroxylation is 1. The highest BCUT2D eigenvalue weighted by molar-refractivity contribution is 7.71. The Balaban J connectivity index is 1.72. The maximum Gasteiger partial charge on any atom is 0.261 e. The molecule has 132 valence electrons. The number of H-pyrrole nitrogens is 1. The molecule has 0 spiro atoms. The van der Waals surface area contributed by atoms with Crippen molar-refractivity contribution in [3.8, 4) is 0 Å². The molecule has 0 fully saturated rings. The lowest BCUT2D eigenvalue weighted by Crippen LogP contribution is -2.30. The molecule has 0 saturated heterocycles. The van der Waals surface area contributed by atoms with Crippen LogP contribution in [-0.4, -0.2) is 27.4 Å². The van der Waals surface area contributed by atoms with Crippen molar-refractivity contribution in [2.24, 2.45) is 7.05 Å². The number of fused-ring (bicyclic) bond motifs is 2. The second-order valence-corrected chi connectivity index (χ2v) is 7.11. The van der Waals surface area contributed by atoms with E-state index in [-0.39, 0.29) is 17.5 Å². The third-order valence-electron chi connectivity index (χ3n) is 5.24. The maximum atomic E-state index is 13.0. The van der Waals surface area contributed by atoms with Gasteiger partial charge in [0, 0.05) is 19.7 Å². The van der Waals surface area contributed by atoms with Gasteiger partial charge in [0.05, 0.1) is 16.9 Å². The number of amides is 1. The van der Waals surface area contributed by atoms with Crippen molar-refractivity contribution in [1.29, 1.82) is 0 Å². The Bertz CT molecular complexity index is 1150. The van der Waals surface area contributed by atoms with Crippen molar-refractivity contribution in [1.82, 2.24) is 14.5 Å². The van der Waals surface area contributed by atoms with E-state index in [1.165, 1.54) is 15.7 Å². The first-order valence-electron chi connectivity index (χ1n) is 8.55. The van der Waals surface area contributed by atoms with Gasteiger partial charge in [0.1, 0.15) is 0 Å². The minimum Gasteiger partial charge on any atom is -0.335 e. The van der Waals surface area contributed by atoms with E-state index in [0.717, 1.165) is 12.8 Å². The first-order chi connectivity index (χ1) is 12.5. The van der Waals surface area contributed by atoms with Crippen molar-refractivity contribution in [3.63, 3.8) is 0 Å². The molecule has 0 aliphatic heterocycles. The Hall–Kier alpha value is -2.73. The van der Waals surface area contributed by atoms with Crippen LogP contribution in [0.2, 0.25) is 0 Å². The lowest BCUT2D eigenvalue weighted by atomic mass is 10.1. The van der Waals surface area contributed by atoms with Gasteiger partial charge < -0.3 is 9.88 Å². The van der Waals surface area contributed by atoms with Crippen LogP contribution in [0.3, 0.4) is 0 Å². The minimum absolute atomic E-state index is 0.0615. The van der Waals surface area contributed by atoms with Gasteiger partial charge >= 0.3 is 0 Å². The van der Waals surface area contributed by atoms with Crippen molar-refractivity contribution in [3.05, 3.63) is 74.3 Å². The summed E-state index contributed by atoms with van der Waals surface area (Å²) in [6.45, 7) is 0. The molecule has 1 atom stereocenters. The highest BCUT2D eigenvalue weighted by atomic mass is 32.1. The summed E-state index contributed by atoms with van der Waals surface area (Å²) in [6, 6.07) is 13.5. The van der Waals surface area contributed by atoms with Gasteiger partial charge in [0.2, 0.25) is 0 Å². The standard InChI is InChI=1S/C20H19N3O2S/c1-22(17-10-8-12-5-3-4-6-14(12)17)18(24)13-7-9-15-16(11-13)21-20(26)23(2)19(15)25/h3-7,9,11,17H,8,10H2,1-2H3,(H,21,26)/t17-/m0/s1. The molecule has 0 bridgehead atoms. The Morgan fingerprint density at radius 3 is 2.85 bits per heavy atom. The van der Waals surface area contributed by atoms with Crippen LogP contribution in [0.15, 0.2) is 47.3 Å². The highest BCUT2D eigenvalue weighted by Gasteiger charge is 2.28. The van der Waals surface area contributed by atoms with E-state index >= 15 is 0 Å². The van der Waals surface area contributed by atoms with Crippen LogP contribution in [-0.2, 0) is 13.5 Å². The van der Waals surface area contributed by atoms with E-state index < -0.39 is 0 Å². The average molecular weight is 365 g/mol. The summed E-state index contributed by atoms with van der Waals surface area (Å²) in [5.74, 6) is -0.0615. The molecule has 4 rings (SSSR count). The third-order valence-corrected chi connectivity index (χ3v) is 5.61. The second kappa shape index (κ2) is 6.21. The number of aromatic amines is 1. The molecule has 1 amide bonds. The molecule has 1 heterocycles. The molecule has 6 heteroatoms. The molecule has 1 aromatic heterocycles. The summed E-state index contributed by atoms with van der Waals surface area (Å²) < 4.78 is 1.73. The van der Waals surface area contributed by atoms with Crippen LogP contribution in [0.25, 0.3) is 10.9 Å². The van der Waals surface area contributed by atoms with Gasteiger partial charge in [-0.2, -0.15) is 0 Å². The maximum absolute atomic E-state index is 13.0. The number of carbonyl (C=O) groups is 1. The smallest absolute Gasteiger partial charge is 0.261 e. The predicted octanol–water partition coefficient (Wildman–Crippen LogP) is 3.36. The Morgan fingerprint density at radius 1 is 1.27 bits per heavy atom. The second-order valence-electron chi connectivity index (χ2n) is 6.72. The lowest BCUT2D eigenvalue weighted by molar-refractivity contribution is 0.0730. The fourth-order valence-corrected chi connectivity index (χ4v) is 3.91. The van der Waals surface area contributed by atoms with Crippen LogP contribution in [0, 0.1) is 4.77 Å². The van der Waals surface area contributed by atoms with Gasteiger partial charge in [-0.05, 0) is 54.4 Å². The number of carbonyl (C=O) groups excluding carboxylic acids is 1. The quantitative estimate of drug-likeness (QED) is 0.709. The van der Waals surface area contributed by atoms with Crippen molar-refractivity contribution < 1.29 is 4.79 Å². The van der Waals surface area contributed by atoms with Crippen LogP contribution in [0.5, 0.6) is 0 Å². The van der Waals surface area contributed by atoms with Gasteiger partial charge in [-0.25, -0.2) is 0 Å². The van der Waals surface area contributed by atoms with E-state index in [2.05, 4.69) is 17.1 Å². The molecule has 0 unspecified atom stereocenters. The molecule has 3 aromatic rings. The number of rotatable bonds is 2. The summed E-state index contributed by atoms with van der Waals surface area (Å²) in [7, 11) is 3.47. The summed E-state index contributed by atoms with van der Waals surface area (Å²) in [4.78, 5) is 30.1. The molecule has 5 nitrogen and oxygen atoms in total. The molecular weight excluding hydrogens is 346 g/mol. The van der Waals surface area contributed by atoms with E-state index in [4.69, 9.17) is 12.2 Å². The van der Waals surface area contributed by atoms with E-state index in [0.29, 0.717) is 21.2 Å². The first-order valence-corrected chi connectivity index (χ1v) is 8.96. The highest BCUT2D eigenvalue weighted by Crippen LogP contribution is 2.35. The number of nitrogens with one attached hydrogen (secondary N) is 1. The van der Waals surface area contributed by atoms with Crippen molar-refractivity contribution in [2.75, 3.05) is 7.05 Å². The van der Waals surface area contributed by atoms with Gasteiger partial charge in [-0.3, -0.25) is 14.2 Å². The van der Waals surface area contributed by atoms with Crippen LogP contribution < -0.4 is 5.56 Å². The van der Waals surface area contributed by atoms with E-state index in [1.807, 2.05) is 19.2 Å². The SMILES string of the molecule is CN(C(=O)c1ccc2c(=O)n(C)c(=S)[nH]c2c1)[C@H]1CCc2ccccc21. The molecule has 1 aliphatic rings. The number of nitrogens with zero attached hydrogens (tertiary/aromatic N) is 2. The predicted molar refractivity (Wildman–Crippen MR) is 104 cm³/mol. The third kappa shape index (κ3) is 2.57. The Morgan fingerprint density at radius 2 is 2.04 bits per heavy atom. The average Bonchev–Trinajstić information content (AvgIpc) is 3.08. The van der Waals surface area contributed by atoms with Crippen molar-refractivity contribution in [2.45, 2.75) is 18.9 Å². The normalized spacial score (nSPS) is 15.8. The van der Waals surface area contributed by atoms with Gasteiger partial charge in [0.15, 0.2) is 4.77 Å². The molecule has 0 radical (unpaired) electrons. The number of hydrogen-bond acceptors (Lipinski definition) is 3. The summed E-state index contributed by atoms with van der Waals surface area (Å²) in [5, 5.41) is 0.520. The fourth-order valence-electron chi connectivity index (χ4n) is 3.72. The summed E-state index contributed by atoms with van der Waals surface area (Å²) in [5.41, 5.74) is 3.49. The van der Waals surface area contributed by atoms with Crippen LogP contribution in [0.1, 0.15) is 33.9 Å². The molecule has 1 N–H and O–H groups in total. The van der Waals surface area contributed by atoms with Crippen LogP contribution >= 0.6 is 12.2 Å². The molecule has 0 saturated carbocycles. The zero-order chi connectivity index (χ0) is 18.4. The topological polar surface area (TPSA) is 58.1 Å².